The number of hydrogen-bond donors (Lipinski definition) is 1. The Hall–Kier alpha value is -2.38. The van der Waals surface area contributed by atoms with Crippen LogP contribution in [0.3, 0.4) is 0 Å². The van der Waals surface area contributed by atoms with Gasteiger partial charge in [-0.25, -0.2) is 9.78 Å². The first-order valence-corrected chi connectivity index (χ1v) is 10.5. The van der Waals surface area contributed by atoms with Crippen molar-refractivity contribution in [2.45, 2.75) is 33.4 Å². The predicted molar refractivity (Wildman–Crippen MR) is 114 cm³/mol. The molecule has 2 amide bonds. The van der Waals surface area contributed by atoms with Crippen molar-refractivity contribution in [3.63, 3.8) is 0 Å². The highest BCUT2D eigenvalue weighted by atomic mass is 16.5. The Morgan fingerprint density at radius 1 is 1.24 bits per heavy atom. The van der Waals surface area contributed by atoms with Gasteiger partial charge in [-0.1, -0.05) is 36.8 Å². The van der Waals surface area contributed by atoms with Gasteiger partial charge in [0.1, 0.15) is 5.82 Å². The van der Waals surface area contributed by atoms with Crippen molar-refractivity contribution in [3.05, 3.63) is 53.6 Å². The van der Waals surface area contributed by atoms with Gasteiger partial charge in [-0.05, 0) is 18.9 Å². The molecule has 1 aliphatic rings. The number of benzene rings is 1. The smallest absolute Gasteiger partial charge is 0.317 e. The van der Waals surface area contributed by atoms with E-state index in [1.54, 1.807) is 0 Å². The predicted octanol–water partition coefficient (Wildman–Crippen LogP) is 2.49. The summed E-state index contributed by atoms with van der Waals surface area (Å²) in [6.45, 7) is 11.0. The van der Waals surface area contributed by atoms with Crippen LogP contribution in [0.5, 0.6) is 0 Å². The summed E-state index contributed by atoms with van der Waals surface area (Å²) in [6, 6.07) is 8.51. The second-order valence-corrected chi connectivity index (χ2v) is 7.56. The number of nitrogens with zero attached hydrogens (tertiary/aromatic N) is 4. The number of nitrogens with one attached hydrogen (secondary N) is 1. The zero-order chi connectivity index (χ0) is 20.5. The molecule has 0 spiro atoms. The summed E-state index contributed by atoms with van der Waals surface area (Å²) in [6.07, 6.45) is 4.72. The van der Waals surface area contributed by atoms with Crippen molar-refractivity contribution >= 4 is 6.03 Å². The fourth-order valence-corrected chi connectivity index (χ4v) is 3.38. The van der Waals surface area contributed by atoms with Crippen LogP contribution in [0.2, 0.25) is 0 Å². The number of rotatable bonds is 9. The maximum Gasteiger partial charge on any atom is 0.317 e. The molecule has 158 valence electrons. The average Bonchev–Trinajstić information content (AvgIpc) is 3.18. The van der Waals surface area contributed by atoms with E-state index in [1.165, 1.54) is 11.1 Å². The third-order valence-corrected chi connectivity index (χ3v) is 5.21. The number of urea groups is 1. The summed E-state index contributed by atoms with van der Waals surface area (Å²) in [7, 11) is 0. The second kappa shape index (κ2) is 11.0. The minimum atomic E-state index is -0.0232. The molecule has 1 saturated heterocycles. The molecule has 29 heavy (non-hydrogen) atoms. The van der Waals surface area contributed by atoms with Crippen LogP contribution in [0.1, 0.15) is 30.3 Å². The van der Waals surface area contributed by atoms with Gasteiger partial charge in [0.15, 0.2) is 0 Å². The zero-order valence-electron chi connectivity index (χ0n) is 17.6. The molecule has 7 nitrogen and oxygen atoms in total. The molecule has 1 fully saturated rings. The summed E-state index contributed by atoms with van der Waals surface area (Å²) < 4.78 is 7.55. The van der Waals surface area contributed by atoms with E-state index >= 15 is 0 Å². The molecule has 0 unspecified atom stereocenters. The fourth-order valence-electron chi connectivity index (χ4n) is 3.38. The van der Waals surface area contributed by atoms with E-state index in [1.807, 2.05) is 17.3 Å². The van der Waals surface area contributed by atoms with E-state index in [-0.39, 0.29) is 6.03 Å². The number of carbonyl (C=O) groups is 1. The van der Waals surface area contributed by atoms with Crippen molar-refractivity contribution in [2.75, 3.05) is 45.9 Å². The number of aryl methyl sites for hydroxylation is 1. The highest BCUT2D eigenvalue weighted by Gasteiger charge is 2.18. The quantitative estimate of drug-likeness (QED) is 0.704. The van der Waals surface area contributed by atoms with E-state index in [2.05, 4.69) is 57.9 Å². The zero-order valence-corrected chi connectivity index (χ0v) is 17.6. The van der Waals surface area contributed by atoms with Crippen molar-refractivity contribution in [1.82, 2.24) is 24.7 Å². The summed E-state index contributed by atoms with van der Waals surface area (Å²) >= 11 is 0. The van der Waals surface area contributed by atoms with Gasteiger partial charge in [0.2, 0.25) is 0 Å². The van der Waals surface area contributed by atoms with Crippen LogP contribution in [0, 0.1) is 6.92 Å². The Morgan fingerprint density at radius 2 is 2.00 bits per heavy atom. The van der Waals surface area contributed by atoms with Gasteiger partial charge in [-0.2, -0.15) is 0 Å². The number of amides is 2. The Morgan fingerprint density at radius 3 is 2.72 bits per heavy atom. The molecule has 0 saturated carbocycles. The van der Waals surface area contributed by atoms with E-state index in [0.29, 0.717) is 19.6 Å². The van der Waals surface area contributed by atoms with Crippen LogP contribution in [0.15, 0.2) is 36.7 Å². The number of carbonyl (C=O) groups excluding carboxylic acids is 1. The maximum atomic E-state index is 12.7. The fraction of sp³-hybridized carbons (Fsp3) is 0.545. The van der Waals surface area contributed by atoms with Gasteiger partial charge in [-0.3, -0.25) is 4.90 Å². The van der Waals surface area contributed by atoms with E-state index < -0.39 is 0 Å². The Kier molecular flexibility index (Phi) is 8.07. The lowest BCUT2D eigenvalue weighted by Crippen LogP contribution is -2.46. The Bertz CT molecular complexity index is 753. The highest BCUT2D eigenvalue weighted by Crippen LogP contribution is 2.10. The lowest BCUT2D eigenvalue weighted by atomic mass is 10.1. The van der Waals surface area contributed by atoms with Crippen LogP contribution in [-0.4, -0.2) is 71.3 Å². The van der Waals surface area contributed by atoms with Crippen molar-refractivity contribution < 1.29 is 9.53 Å². The largest absolute Gasteiger partial charge is 0.379 e. The van der Waals surface area contributed by atoms with Crippen molar-refractivity contribution in [3.8, 4) is 0 Å². The van der Waals surface area contributed by atoms with Crippen LogP contribution in [-0.2, 0) is 17.8 Å². The van der Waals surface area contributed by atoms with Crippen LogP contribution >= 0.6 is 0 Å². The first-order chi connectivity index (χ1) is 14.2. The van der Waals surface area contributed by atoms with Crippen LogP contribution in [0.4, 0.5) is 4.79 Å². The molecule has 1 N–H and O–H groups in total. The Labute approximate surface area is 173 Å². The average molecular weight is 400 g/mol. The minimum absolute atomic E-state index is 0.0232. The molecule has 0 bridgehead atoms. The number of aromatic nitrogens is 2. The minimum Gasteiger partial charge on any atom is -0.379 e. The van der Waals surface area contributed by atoms with Gasteiger partial charge in [0.05, 0.1) is 19.8 Å². The molecule has 2 heterocycles. The van der Waals surface area contributed by atoms with E-state index in [9.17, 15) is 4.79 Å². The Balaban J connectivity index is 1.65. The normalized spacial score (nSPS) is 14.7. The van der Waals surface area contributed by atoms with E-state index in [4.69, 9.17) is 4.74 Å². The van der Waals surface area contributed by atoms with Gasteiger partial charge < -0.3 is 19.5 Å². The number of morpholine rings is 1. The summed E-state index contributed by atoms with van der Waals surface area (Å²) in [4.78, 5) is 21.5. The molecule has 1 aromatic heterocycles. The van der Waals surface area contributed by atoms with Gasteiger partial charge in [-0.15, -0.1) is 0 Å². The summed E-state index contributed by atoms with van der Waals surface area (Å²) in [5.74, 6) is 0.902. The lowest BCUT2D eigenvalue weighted by molar-refractivity contribution is 0.0345. The standard InChI is InChI=1S/C22H33N5O2/c1-3-8-24-22(28)27(12-11-25-13-15-29-16-14-25)18-21-23-9-10-26(21)17-20-6-4-19(2)5-7-20/h4-7,9-10H,3,8,11-18H2,1-2H3,(H,24,28). The maximum absolute atomic E-state index is 12.7. The van der Waals surface area contributed by atoms with Crippen molar-refractivity contribution in [2.24, 2.45) is 0 Å². The highest BCUT2D eigenvalue weighted by molar-refractivity contribution is 5.74. The van der Waals surface area contributed by atoms with Crippen LogP contribution < -0.4 is 5.32 Å². The van der Waals surface area contributed by atoms with Gasteiger partial charge in [0, 0.05) is 51.7 Å². The monoisotopic (exact) mass is 399 g/mol. The summed E-state index contributed by atoms with van der Waals surface area (Å²) in [5, 5.41) is 3.01. The first-order valence-electron chi connectivity index (χ1n) is 10.5. The third-order valence-electron chi connectivity index (χ3n) is 5.21. The van der Waals surface area contributed by atoms with Gasteiger partial charge >= 0.3 is 6.03 Å². The van der Waals surface area contributed by atoms with Crippen molar-refractivity contribution in [1.29, 1.82) is 0 Å². The molecule has 1 aliphatic heterocycles. The summed E-state index contributed by atoms with van der Waals surface area (Å²) in [5.41, 5.74) is 2.48. The lowest BCUT2D eigenvalue weighted by Gasteiger charge is -2.30. The molecule has 1 aromatic carbocycles. The molecule has 3 rings (SSSR count). The molecule has 0 radical (unpaired) electrons. The topological polar surface area (TPSA) is 62.6 Å². The second-order valence-electron chi connectivity index (χ2n) is 7.56. The van der Waals surface area contributed by atoms with Crippen LogP contribution in [0.25, 0.3) is 0 Å². The molecule has 0 aliphatic carbocycles. The molecular weight excluding hydrogens is 366 g/mol. The van der Waals surface area contributed by atoms with E-state index in [0.717, 1.165) is 51.6 Å². The molecule has 7 heteroatoms. The van der Waals surface area contributed by atoms with Gasteiger partial charge in [0.25, 0.3) is 0 Å². The molecular formula is C22H33N5O2. The number of ether oxygens (including phenoxy) is 1. The number of hydrogen-bond acceptors (Lipinski definition) is 4. The third kappa shape index (κ3) is 6.58. The first kappa shape index (κ1) is 21.3. The molecule has 2 aromatic rings. The SMILES string of the molecule is CCCNC(=O)N(CCN1CCOCC1)Cc1nccn1Cc1ccc(C)cc1. The molecule has 0 atom stereocenters. The number of imidazole rings is 1.